The number of methoxy groups -OCH3 is 1. The molecule has 1 aromatic carbocycles. The first kappa shape index (κ1) is 16.9. The lowest BCUT2D eigenvalue weighted by Gasteiger charge is -2.23. The van der Waals surface area contributed by atoms with Crippen LogP contribution >= 0.6 is 0 Å². The Labute approximate surface area is 121 Å². The van der Waals surface area contributed by atoms with Gasteiger partial charge in [0.25, 0.3) is 0 Å². The summed E-state index contributed by atoms with van der Waals surface area (Å²) >= 11 is 0. The average Bonchev–Trinajstić information content (AvgIpc) is 2.43. The lowest BCUT2D eigenvalue weighted by Crippen LogP contribution is -2.32. The second-order valence-electron chi connectivity index (χ2n) is 5.24. The van der Waals surface area contributed by atoms with Crippen molar-refractivity contribution in [3.63, 3.8) is 0 Å². The summed E-state index contributed by atoms with van der Waals surface area (Å²) in [5, 5.41) is 3.22. The van der Waals surface area contributed by atoms with Gasteiger partial charge in [-0.1, -0.05) is 6.92 Å². The Morgan fingerprint density at radius 3 is 2.30 bits per heavy atom. The highest BCUT2D eigenvalue weighted by Crippen LogP contribution is 2.15. The van der Waals surface area contributed by atoms with Gasteiger partial charge in [-0.25, -0.2) is 13.1 Å². The third kappa shape index (κ3) is 5.11. The number of nitrogens with one attached hydrogen (secondary N) is 2. The second kappa shape index (κ2) is 7.06. The van der Waals surface area contributed by atoms with E-state index in [4.69, 9.17) is 4.74 Å². The molecule has 6 heteroatoms. The van der Waals surface area contributed by atoms with Crippen molar-refractivity contribution in [2.24, 2.45) is 0 Å². The quantitative estimate of drug-likeness (QED) is 0.772. The summed E-state index contributed by atoms with van der Waals surface area (Å²) in [6.07, 6.45) is 0.769. The Balaban J connectivity index is 2.69. The first-order valence-corrected chi connectivity index (χ1v) is 8.18. The normalized spacial score (nSPS) is 12.4. The number of benzene rings is 1. The number of hydrogen-bond acceptors (Lipinski definition) is 4. The van der Waals surface area contributed by atoms with Crippen molar-refractivity contribution in [1.29, 1.82) is 0 Å². The van der Waals surface area contributed by atoms with Crippen LogP contribution in [0.2, 0.25) is 0 Å². The summed E-state index contributed by atoms with van der Waals surface area (Å²) < 4.78 is 31.7. The summed E-state index contributed by atoms with van der Waals surface area (Å²) in [6.45, 7) is 6.97. The second-order valence-corrected chi connectivity index (χ2v) is 7.01. The van der Waals surface area contributed by atoms with E-state index >= 15 is 0 Å². The van der Waals surface area contributed by atoms with Gasteiger partial charge in [0.05, 0.1) is 10.5 Å². The minimum atomic E-state index is -3.39. The fourth-order valence-corrected chi connectivity index (χ4v) is 2.59. The molecule has 0 saturated carbocycles. The zero-order chi connectivity index (χ0) is 15.2. The van der Waals surface area contributed by atoms with Crippen LogP contribution in [0.15, 0.2) is 29.2 Å². The minimum Gasteiger partial charge on any atom is -0.382 e. The Bertz CT molecular complexity index is 510. The molecule has 0 bridgehead atoms. The van der Waals surface area contributed by atoms with Crippen LogP contribution in [-0.4, -0.2) is 34.2 Å². The molecular weight excluding hydrogens is 276 g/mol. The van der Waals surface area contributed by atoms with Gasteiger partial charge in [-0.3, -0.25) is 0 Å². The predicted octanol–water partition coefficient (Wildman–Crippen LogP) is 2.21. The van der Waals surface area contributed by atoms with Gasteiger partial charge in [0.1, 0.15) is 0 Å². The van der Waals surface area contributed by atoms with E-state index in [0.29, 0.717) is 13.1 Å². The Hall–Kier alpha value is -1.11. The first-order chi connectivity index (χ1) is 9.30. The third-order valence-corrected chi connectivity index (χ3v) is 4.45. The summed E-state index contributed by atoms with van der Waals surface area (Å²) in [5.41, 5.74) is 0.595. The maximum Gasteiger partial charge on any atom is 0.240 e. The van der Waals surface area contributed by atoms with E-state index in [0.717, 1.165) is 12.1 Å². The van der Waals surface area contributed by atoms with Crippen LogP contribution in [0.25, 0.3) is 0 Å². The van der Waals surface area contributed by atoms with Crippen molar-refractivity contribution >= 4 is 15.7 Å². The van der Waals surface area contributed by atoms with Gasteiger partial charge in [0.15, 0.2) is 0 Å². The lowest BCUT2D eigenvalue weighted by molar-refractivity contribution is 0.0344. The molecule has 1 aromatic rings. The zero-order valence-corrected chi connectivity index (χ0v) is 13.4. The van der Waals surface area contributed by atoms with Crippen molar-refractivity contribution in [2.45, 2.75) is 37.7 Å². The highest BCUT2D eigenvalue weighted by Gasteiger charge is 2.16. The molecule has 0 radical (unpaired) electrons. The van der Waals surface area contributed by atoms with E-state index in [2.05, 4.69) is 10.0 Å². The smallest absolute Gasteiger partial charge is 0.240 e. The summed E-state index contributed by atoms with van der Waals surface area (Å²) in [4.78, 5) is 0.280. The highest BCUT2D eigenvalue weighted by molar-refractivity contribution is 7.89. The summed E-state index contributed by atoms with van der Waals surface area (Å²) in [5.74, 6) is 0. The largest absolute Gasteiger partial charge is 0.382 e. The van der Waals surface area contributed by atoms with Crippen LogP contribution in [0, 0.1) is 0 Å². The molecule has 114 valence electrons. The van der Waals surface area contributed by atoms with E-state index in [1.54, 1.807) is 31.4 Å². The molecule has 0 aliphatic carbocycles. The Morgan fingerprint density at radius 2 is 1.80 bits per heavy atom. The summed E-state index contributed by atoms with van der Waals surface area (Å²) in [6, 6.07) is 6.71. The van der Waals surface area contributed by atoms with Crippen LogP contribution in [-0.2, 0) is 14.8 Å². The fourth-order valence-electron chi connectivity index (χ4n) is 1.46. The van der Waals surface area contributed by atoms with Crippen molar-refractivity contribution in [2.75, 3.05) is 25.5 Å². The van der Waals surface area contributed by atoms with Crippen LogP contribution in [0.3, 0.4) is 0 Å². The standard InChI is InChI=1S/C14H24N2O3S/c1-5-10-16-20(17,18)13-8-6-12(7-9-13)15-11-14(2,3)19-4/h6-9,15-16H,5,10-11H2,1-4H3. The van der Waals surface area contributed by atoms with Crippen LogP contribution < -0.4 is 10.0 Å². The Morgan fingerprint density at radius 1 is 1.20 bits per heavy atom. The molecule has 0 spiro atoms. The molecule has 0 amide bonds. The van der Waals surface area contributed by atoms with Crippen molar-refractivity contribution in [1.82, 2.24) is 4.72 Å². The first-order valence-electron chi connectivity index (χ1n) is 6.69. The molecule has 0 fully saturated rings. The molecule has 0 aliphatic heterocycles. The van der Waals surface area contributed by atoms with Crippen molar-refractivity contribution in [3.8, 4) is 0 Å². The van der Waals surface area contributed by atoms with Crippen molar-refractivity contribution < 1.29 is 13.2 Å². The van der Waals surface area contributed by atoms with Crippen LogP contribution in [0.4, 0.5) is 5.69 Å². The zero-order valence-electron chi connectivity index (χ0n) is 12.6. The maximum absolute atomic E-state index is 11.9. The van der Waals surface area contributed by atoms with Crippen LogP contribution in [0.1, 0.15) is 27.2 Å². The van der Waals surface area contributed by atoms with Gasteiger partial charge in [0.2, 0.25) is 10.0 Å². The molecule has 0 aliphatic rings. The molecular formula is C14H24N2O3S. The molecule has 0 heterocycles. The van der Waals surface area contributed by atoms with E-state index in [1.165, 1.54) is 0 Å². The van der Waals surface area contributed by atoms with Gasteiger partial charge in [-0.2, -0.15) is 0 Å². The van der Waals surface area contributed by atoms with Gasteiger partial charge >= 0.3 is 0 Å². The minimum absolute atomic E-state index is 0.270. The van der Waals surface area contributed by atoms with E-state index in [-0.39, 0.29) is 10.5 Å². The number of anilines is 1. The monoisotopic (exact) mass is 300 g/mol. The Kier molecular flexibility index (Phi) is 5.98. The molecule has 20 heavy (non-hydrogen) atoms. The fraction of sp³-hybridized carbons (Fsp3) is 0.571. The van der Waals surface area contributed by atoms with Gasteiger partial charge in [0, 0.05) is 25.9 Å². The van der Waals surface area contributed by atoms with E-state index < -0.39 is 10.0 Å². The van der Waals surface area contributed by atoms with Gasteiger partial charge in [-0.05, 0) is 44.5 Å². The van der Waals surface area contributed by atoms with E-state index in [1.807, 2.05) is 20.8 Å². The molecule has 0 atom stereocenters. The van der Waals surface area contributed by atoms with Crippen LogP contribution in [0.5, 0.6) is 0 Å². The molecule has 0 aromatic heterocycles. The van der Waals surface area contributed by atoms with Gasteiger partial charge < -0.3 is 10.1 Å². The highest BCUT2D eigenvalue weighted by atomic mass is 32.2. The topological polar surface area (TPSA) is 67.4 Å². The van der Waals surface area contributed by atoms with E-state index in [9.17, 15) is 8.42 Å². The molecule has 2 N–H and O–H groups in total. The SMILES string of the molecule is CCCNS(=O)(=O)c1ccc(NCC(C)(C)OC)cc1. The summed E-state index contributed by atoms with van der Waals surface area (Å²) in [7, 11) is -1.73. The average molecular weight is 300 g/mol. The number of sulfonamides is 1. The number of ether oxygens (including phenoxy) is 1. The molecule has 0 saturated heterocycles. The van der Waals surface area contributed by atoms with Crippen molar-refractivity contribution in [3.05, 3.63) is 24.3 Å². The third-order valence-electron chi connectivity index (χ3n) is 2.98. The maximum atomic E-state index is 11.9. The predicted molar refractivity (Wildman–Crippen MR) is 81.5 cm³/mol. The molecule has 1 rings (SSSR count). The number of hydrogen-bond donors (Lipinski definition) is 2. The van der Waals surface area contributed by atoms with Gasteiger partial charge in [-0.15, -0.1) is 0 Å². The molecule has 0 unspecified atom stereocenters. The molecule has 5 nitrogen and oxygen atoms in total. The number of rotatable bonds is 8. The lowest BCUT2D eigenvalue weighted by atomic mass is 10.1.